The van der Waals surface area contributed by atoms with Crippen molar-refractivity contribution < 1.29 is 24.2 Å². The van der Waals surface area contributed by atoms with E-state index < -0.39 is 24.0 Å². The second-order valence-corrected chi connectivity index (χ2v) is 6.52. The van der Waals surface area contributed by atoms with Crippen molar-refractivity contribution in [1.82, 2.24) is 0 Å². The molecule has 2 atom stereocenters. The van der Waals surface area contributed by atoms with E-state index in [9.17, 15) is 19.5 Å². The summed E-state index contributed by atoms with van der Waals surface area (Å²) in [6.07, 6.45) is -1.54. The molecule has 2 aromatic carbocycles. The number of ether oxygens (including phenoxy) is 1. The van der Waals surface area contributed by atoms with Crippen molar-refractivity contribution >= 4 is 28.8 Å². The van der Waals surface area contributed by atoms with Crippen molar-refractivity contribution in [2.45, 2.75) is 18.9 Å². The molecule has 0 aromatic heterocycles. The van der Waals surface area contributed by atoms with Gasteiger partial charge in [-0.25, -0.2) is 4.79 Å². The molecule has 0 bridgehead atoms. The van der Waals surface area contributed by atoms with Crippen LogP contribution in [0.3, 0.4) is 0 Å². The van der Waals surface area contributed by atoms with Gasteiger partial charge in [0.05, 0.1) is 5.92 Å². The van der Waals surface area contributed by atoms with Crippen LogP contribution in [0.5, 0.6) is 0 Å². The maximum atomic E-state index is 12.4. The number of aliphatic hydroxyl groups excluding tert-OH is 1. The van der Waals surface area contributed by atoms with Crippen LogP contribution in [0.4, 0.5) is 0 Å². The lowest BCUT2D eigenvalue weighted by molar-refractivity contribution is -0.166. The fourth-order valence-electron chi connectivity index (χ4n) is 2.18. The quantitative estimate of drug-likeness (QED) is 0.632. The van der Waals surface area contributed by atoms with Gasteiger partial charge in [0.2, 0.25) is 0 Å². The number of rotatable bonds is 6. The fraction of sp³-hybridized carbons (Fsp3) is 0.211. The van der Waals surface area contributed by atoms with Crippen LogP contribution in [-0.4, -0.2) is 27.9 Å². The zero-order valence-electron chi connectivity index (χ0n) is 13.6. The topological polar surface area (TPSA) is 80.7 Å². The van der Waals surface area contributed by atoms with E-state index in [0.717, 1.165) is 11.8 Å². The fourth-order valence-corrected chi connectivity index (χ4v) is 2.91. The van der Waals surface area contributed by atoms with Crippen LogP contribution in [0, 0.1) is 0 Å². The Labute approximate surface area is 150 Å². The summed E-state index contributed by atoms with van der Waals surface area (Å²) in [5.41, 5.74) is 0.984. The van der Waals surface area contributed by atoms with Crippen LogP contribution in [0.1, 0.15) is 30.1 Å². The summed E-state index contributed by atoms with van der Waals surface area (Å²) < 4.78 is 4.86. The molecule has 2 rings (SSSR count). The molecule has 0 spiro atoms. The minimum atomic E-state index is -1.54. The lowest BCUT2D eigenvalue weighted by Crippen LogP contribution is -2.25. The molecular weight excluding hydrogens is 340 g/mol. The van der Waals surface area contributed by atoms with Crippen molar-refractivity contribution in [3.63, 3.8) is 0 Å². The predicted molar refractivity (Wildman–Crippen MR) is 94.8 cm³/mol. The Morgan fingerprint density at radius 3 is 1.96 bits per heavy atom. The van der Waals surface area contributed by atoms with Gasteiger partial charge in [-0.05, 0) is 11.1 Å². The summed E-state index contributed by atoms with van der Waals surface area (Å²) in [5, 5.41) is 9.89. The third kappa shape index (κ3) is 5.55. The molecule has 5 nitrogen and oxygen atoms in total. The molecule has 0 heterocycles. The van der Waals surface area contributed by atoms with Crippen molar-refractivity contribution in [2.75, 3.05) is 5.75 Å². The number of benzene rings is 2. The number of carbonyl (C=O) groups excluding carboxylic acids is 3. The van der Waals surface area contributed by atoms with Crippen LogP contribution in [-0.2, 0) is 19.1 Å². The Balaban J connectivity index is 2.10. The highest BCUT2D eigenvalue weighted by atomic mass is 32.2. The van der Waals surface area contributed by atoms with E-state index in [0.29, 0.717) is 11.1 Å². The Morgan fingerprint density at radius 2 is 1.44 bits per heavy atom. The van der Waals surface area contributed by atoms with E-state index in [-0.39, 0.29) is 10.9 Å². The van der Waals surface area contributed by atoms with E-state index >= 15 is 0 Å². The maximum absolute atomic E-state index is 12.4. The van der Waals surface area contributed by atoms with Gasteiger partial charge in [-0.2, -0.15) is 0 Å². The van der Waals surface area contributed by atoms with Gasteiger partial charge in [0, 0.05) is 12.7 Å². The normalized spacial score (nSPS) is 12.9. The predicted octanol–water partition coefficient (Wildman–Crippen LogP) is 2.85. The molecule has 130 valence electrons. The summed E-state index contributed by atoms with van der Waals surface area (Å²) in [6, 6.07) is 17.0. The van der Waals surface area contributed by atoms with Crippen LogP contribution in [0.15, 0.2) is 60.7 Å². The summed E-state index contributed by atoms with van der Waals surface area (Å²) in [7, 11) is 0. The zero-order valence-corrected chi connectivity index (χ0v) is 14.4. The summed E-state index contributed by atoms with van der Waals surface area (Å²) in [6.45, 7) is 1.41. The number of aliphatic hydroxyl groups is 1. The third-order valence-electron chi connectivity index (χ3n) is 3.48. The van der Waals surface area contributed by atoms with Crippen LogP contribution >= 0.6 is 11.8 Å². The standard InChI is InChI=1S/C19H18O5S/c1-13(20)25-12-16(14-8-4-2-5-9-14)18(22)24-19(23)17(21)15-10-6-3-7-11-15/h2-11,16-17,21H,12H2,1H3. The average Bonchev–Trinajstić information content (AvgIpc) is 2.62. The molecule has 0 fully saturated rings. The van der Waals surface area contributed by atoms with Crippen LogP contribution in [0.2, 0.25) is 0 Å². The molecule has 0 saturated carbocycles. The number of hydrogen-bond acceptors (Lipinski definition) is 6. The lowest BCUT2D eigenvalue weighted by atomic mass is 10.0. The second kappa shape index (κ2) is 9.15. The first-order chi connectivity index (χ1) is 12.0. The molecule has 0 aliphatic heterocycles. The average molecular weight is 358 g/mol. The lowest BCUT2D eigenvalue weighted by Gasteiger charge is -2.16. The van der Waals surface area contributed by atoms with E-state index in [4.69, 9.17) is 4.74 Å². The highest BCUT2D eigenvalue weighted by Gasteiger charge is 2.28. The molecular formula is C19H18O5S. The van der Waals surface area contributed by atoms with Crippen LogP contribution in [0.25, 0.3) is 0 Å². The Morgan fingerprint density at radius 1 is 0.920 bits per heavy atom. The molecule has 0 amide bonds. The Bertz CT molecular complexity index is 730. The minimum absolute atomic E-state index is 0.135. The molecule has 6 heteroatoms. The van der Waals surface area contributed by atoms with Gasteiger partial charge in [-0.3, -0.25) is 9.59 Å². The van der Waals surface area contributed by atoms with Gasteiger partial charge < -0.3 is 9.84 Å². The number of hydrogen-bond donors (Lipinski definition) is 1. The molecule has 0 radical (unpaired) electrons. The summed E-state index contributed by atoms with van der Waals surface area (Å²) in [4.78, 5) is 35.7. The molecule has 2 aromatic rings. The zero-order chi connectivity index (χ0) is 18.2. The maximum Gasteiger partial charge on any atom is 0.347 e. The molecule has 0 saturated heterocycles. The van der Waals surface area contributed by atoms with Gasteiger partial charge in [-0.15, -0.1) is 0 Å². The first-order valence-electron chi connectivity index (χ1n) is 7.66. The molecule has 2 unspecified atom stereocenters. The van der Waals surface area contributed by atoms with Crippen molar-refractivity contribution in [3.8, 4) is 0 Å². The molecule has 1 N–H and O–H groups in total. The highest BCUT2D eigenvalue weighted by molar-refractivity contribution is 8.13. The summed E-state index contributed by atoms with van der Waals surface area (Å²) in [5.74, 6) is -2.45. The largest absolute Gasteiger partial charge is 0.390 e. The minimum Gasteiger partial charge on any atom is -0.390 e. The van der Waals surface area contributed by atoms with Gasteiger partial charge in [0.15, 0.2) is 11.2 Å². The highest BCUT2D eigenvalue weighted by Crippen LogP contribution is 2.24. The monoisotopic (exact) mass is 358 g/mol. The first-order valence-corrected chi connectivity index (χ1v) is 8.64. The third-order valence-corrected chi connectivity index (χ3v) is 4.39. The SMILES string of the molecule is CC(=O)SCC(C(=O)OC(=O)C(O)c1ccccc1)c1ccccc1. The number of thioether (sulfide) groups is 1. The summed E-state index contributed by atoms with van der Waals surface area (Å²) >= 11 is 0.981. The van der Waals surface area contributed by atoms with Gasteiger partial charge in [0.1, 0.15) is 0 Å². The van der Waals surface area contributed by atoms with Gasteiger partial charge >= 0.3 is 11.9 Å². The number of esters is 2. The van der Waals surface area contributed by atoms with E-state index in [1.165, 1.54) is 6.92 Å². The van der Waals surface area contributed by atoms with E-state index in [2.05, 4.69) is 0 Å². The molecule has 0 aliphatic carbocycles. The van der Waals surface area contributed by atoms with Crippen LogP contribution < -0.4 is 0 Å². The second-order valence-electron chi connectivity index (χ2n) is 5.32. The van der Waals surface area contributed by atoms with E-state index in [1.54, 1.807) is 60.7 Å². The first kappa shape index (κ1) is 18.9. The van der Waals surface area contributed by atoms with E-state index in [1.807, 2.05) is 0 Å². The Kier molecular flexibility index (Phi) is 6.91. The van der Waals surface area contributed by atoms with Crippen molar-refractivity contribution in [3.05, 3.63) is 71.8 Å². The van der Waals surface area contributed by atoms with Gasteiger partial charge in [-0.1, -0.05) is 72.4 Å². The van der Waals surface area contributed by atoms with Crippen molar-refractivity contribution in [2.24, 2.45) is 0 Å². The van der Waals surface area contributed by atoms with Crippen molar-refractivity contribution in [1.29, 1.82) is 0 Å². The number of carbonyl (C=O) groups is 3. The molecule has 25 heavy (non-hydrogen) atoms. The molecule has 0 aliphatic rings. The van der Waals surface area contributed by atoms with Gasteiger partial charge in [0.25, 0.3) is 0 Å². The Hall–Kier alpha value is -2.44. The smallest absolute Gasteiger partial charge is 0.347 e.